The second kappa shape index (κ2) is 9.01. The molecule has 0 bridgehead atoms. The van der Waals surface area contributed by atoms with Gasteiger partial charge in [-0.15, -0.1) is 5.10 Å². The van der Waals surface area contributed by atoms with Crippen molar-refractivity contribution in [2.75, 3.05) is 6.54 Å². The zero-order valence-electron chi connectivity index (χ0n) is 16.4. The number of carbonyl (C=O) groups is 2. The van der Waals surface area contributed by atoms with Gasteiger partial charge in [-0.1, -0.05) is 6.42 Å². The van der Waals surface area contributed by atoms with Gasteiger partial charge in [0.1, 0.15) is 6.33 Å². The fourth-order valence-corrected chi connectivity index (χ4v) is 2.98. The lowest BCUT2D eigenvalue weighted by atomic mass is 10.0. The van der Waals surface area contributed by atoms with Crippen molar-refractivity contribution in [2.45, 2.75) is 38.0 Å². The first-order valence-electron chi connectivity index (χ1n) is 9.44. The molecule has 0 radical (unpaired) electrons. The maximum absolute atomic E-state index is 13.0. The molecule has 1 aromatic carbocycles. The average molecular weight is 461 g/mol. The minimum Gasteiger partial charge on any atom is -0.273 e. The number of alkyl halides is 6. The second-order valence-electron chi connectivity index (χ2n) is 6.99. The first kappa shape index (κ1) is 23.3. The zero-order chi connectivity index (χ0) is 23.5. The molecule has 1 N–H and O–H groups in total. The van der Waals surface area contributed by atoms with Gasteiger partial charge in [0, 0.05) is 30.8 Å². The van der Waals surface area contributed by atoms with Crippen molar-refractivity contribution in [3.05, 3.63) is 41.7 Å². The molecular weight excluding hydrogens is 444 g/mol. The van der Waals surface area contributed by atoms with E-state index in [0.29, 0.717) is 25.1 Å². The molecule has 172 valence electrons. The van der Waals surface area contributed by atoms with E-state index in [4.69, 9.17) is 0 Å². The third-order valence-corrected chi connectivity index (χ3v) is 4.55. The fourth-order valence-electron chi connectivity index (χ4n) is 2.98. The van der Waals surface area contributed by atoms with Crippen molar-refractivity contribution < 1.29 is 35.9 Å². The van der Waals surface area contributed by atoms with Crippen LogP contribution in [0.15, 0.2) is 30.6 Å². The molecule has 1 fully saturated rings. The number of hydrogen-bond acceptors (Lipinski definition) is 4. The summed E-state index contributed by atoms with van der Waals surface area (Å²) < 4.78 is 79.0. The normalized spacial score (nSPS) is 15.8. The molecule has 0 aliphatic carbocycles. The Morgan fingerprint density at radius 2 is 1.66 bits per heavy atom. The molecule has 1 aromatic heterocycles. The summed E-state index contributed by atoms with van der Waals surface area (Å²) in [6.07, 6.45) is -4.23. The van der Waals surface area contributed by atoms with Crippen molar-refractivity contribution in [3.8, 4) is 11.4 Å². The molecule has 0 unspecified atom stereocenters. The lowest BCUT2D eigenvalue weighted by Crippen LogP contribution is -2.45. The second-order valence-corrected chi connectivity index (χ2v) is 6.99. The largest absolute Gasteiger partial charge is 0.416 e. The van der Waals surface area contributed by atoms with E-state index in [1.54, 1.807) is 0 Å². The summed E-state index contributed by atoms with van der Waals surface area (Å²) in [7, 11) is 0. The van der Waals surface area contributed by atoms with Crippen LogP contribution in [0.5, 0.6) is 0 Å². The predicted molar refractivity (Wildman–Crippen MR) is 99.1 cm³/mol. The molecule has 1 saturated heterocycles. The highest BCUT2D eigenvalue weighted by atomic mass is 19.4. The standard InChI is InChI=1S/C19H17F6N5O2/c20-18(21,22)13-8-12(9-14(10-13)19(23,24)25)17-26-11-29(28-17)7-5-15(31)27-30-6-3-1-2-4-16(30)32/h5,7-11H,1-4,6H2,(H,27,31)/b7-5-. The van der Waals surface area contributed by atoms with E-state index in [9.17, 15) is 35.9 Å². The van der Waals surface area contributed by atoms with E-state index >= 15 is 0 Å². The number of nitrogens with zero attached hydrogens (tertiary/aromatic N) is 4. The van der Waals surface area contributed by atoms with Crippen LogP contribution in [0, 0.1) is 0 Å². The molecule has 2 amide bonds. The van der Waals surface area contributed by atoms with Crippen LogP contribution in [0.1, 0.15) is 36.8 Å². The number of hydrazine groups is 1. The number of halogens is 6. The Labute approximate surface area is 177 Å². The highest BCUT2D eigenvalue weighted by Gasteiger charge is 2.37. The number of amides is 2. The molecule has 3 rings (SSSR count). The Hall–Kier alpha value is -3.38. The minimum atomic E-state index is -5.00. The van der Waals surface area contributed by atoms with Crippen LogP contribution in [0.4, 0.5) is 26.3 Å². The maximum Gasteiger partial charge on any atom is 0.416 e. The van der Waals surface area contributed by atoms with Gasteiger partial charge in [-0.3, -0.25) is 20.0 Å². The predicted octanol–water partition coefficient (Wildman–Crippen LogP) is 3.89. The van der Waals surface area contributed by atoms with Gasteiger partial charge in [-0.2, -0.15) is 26.3 Å². The van der Waals surface area contributed by atoms with E-state index in [1.165, 1.54) is 5.01 Å². The molecule has 0 saturated carbocycles. The molecule has 1 aliphatic rings. The Kier molecular flexibility index (Phi) is 6.55. The van der Waals surface area contributed by atoms with Gasteiger partial charge in [0.2, 0.25) is 5.91 Å². The van der Waals surface area contributed by atoms with Gasteiger partial charge in [-0.25, -0.2) is 9.67 Å². The van der Waals surface area contributed by atoms with Crippen LogP contribution >= 0.6 is 0 Å². The number of carbonyl (C=O) groups excluding carboxylic acids is 2. The van der Waals surface area contributed by atoms with E-state index < -0.39 is 40.8 Å². The van der Waals surface area contributed by atoms with Crippen molar-refractivity contribution in [1.29, 1.82) is 0 Å². The van der Waals surface area contributed by atoms with Crippen LogP contribution in [-0.4, -0.2) is 38.1 Å². The maximum atomic E-state index is 13.0. The molecule has 32 heavy (non-hydrogen) atoms. The van der Waals surface area contributed by atoms with Gasteiger partial charge in [0.25, 0.3) is 5.91 Å². The van der Waals surface area contributed by atoms with E-state index in [-0.39, 0.29) is 12.0 Å². The van der Waals surface area contributed by atoms with E-state index in [1.807, 2.05) is 0 Å². The molecule has 2 heterocycles. The Morgan fingerprint density at radius 1 is 1.00 bits per heavy atom. The van der Waals surface area contributed by atoms with Crippen molar-refractivity contribution in [1.82, 2.24) is 25.2 Å². The van der Waals surface area contributed by atoms with Crippen LogP contribution in [-0.2, 0) is 21.9 Å². The summed E-state index contributed by atoms with van der Waals surface area (Å²) in [6, 6.07) is 1.03. The molecule has 13 heteroatoms. The zero-order valence-corrected chi connectivity index (χ0v) is 16.4. The van der Waals surface area contributed by atoms with Gasteiger partial charge < -0.3 is 0 Å². The fraction of sp³-hybridized carbons (Fsp3) is 0.368. The van der Waals surface area contributed by atoms with Gasteiger partial charge >= 0.3 is 12.4 Å². The Bertz CT molecular complexity index is 996. The molecule has 0 spiro atoms. The summed E-state index contributed by atoms with van der Waals surface area (Å²) in [5.74, 6) is -1.28. The molecule has 2 aromatic rings. The lowest BCUT2D eigenvalue weighted by Gasteiger charge is -2.20. The topological polar surface area (TPSA) is 80.1 Å². The number of hydrogen-bond donors (Lipinski definition) is 1. The van der Waals surface area contributed by atoms with Crippen LogP contribution in [0.3, 0.4) is 0 Å². The van der Waals surface area contributed by atoms with E-state index in [0.717, 1.165) is 42.5 Å². The molecule has 0 atom stereocenters. The van der Waals surface area contributed by atoms with Gasteiger partial charge in [0.05, 0.1) is 11.1 Å². The first-order valence-corrected chi connectivity index (χ1v) is 9.44. The molecule has 7 nitrogen and oxygen atoms in total. The highest BCUT2D eigenvalue weighted by molar-refractivity contribution is 5.91. The third kappa shape index (κ3) is 5.86. The van der Waals surface area contributed by atoms with Crippen LogP contribution in [0.25, 0.3) is 17.6 Å². The Morgan fingerprint density at radius 3 is 2.28 bits per heavy atom. The van der Waals surface area contributed by atoms with Crippen molar-refractivity contribution in [2.24, 2.45) is 0 Å². The smallest absolute Gasteiger partial charge is 0.273 e. The van der Waals surface area contributed by atoms with Crippen molar-refractivity contribution >= 4 is 18.0 Å². The molecular formula is C19H17F6N5O2. The number of aromatic nitrogens is 3. The molecule has 1 aliphatic heterocycles. The van der Waals surface area contributed by atoms with Gasteiger partial charge in [0.15, 0.2) is 5.82 Å². The van der Waals surface area contributed by atoms with Crippen LogP contribution in [0.2, 0.25) is 0 Å². The van der Waals surface area contributed by atoms with Crippen molar-refractivity contribution in [3.63, 3.8) is 0 Å². The highest BCUT2D eigenvalue weighted by Crippen LogP contribution is 2.38. The number of rotatable bonds is 4. The average Bonchev–Trinajstić information content (AvgIpc) is 3.09. The Balaban J connectivity index is 1.78. The minimum absolute atomic E-state index is 0.00879. The summed E-state index contributed by atoms with van der Waals surface area (Å²) in [5, 5.41) is 5.00. The summed E-state index contributed by atoms with van der Waals surface area (Å²) in [4.78, 5) is 27.6. The number of nitrogens with one attached hydrogen (secondary N) is 1. The summed E-state index contributed by atoms with van der Waals surface area (Å²) in [6.45, 7) is 0.364. The first-order chi connectivity index (χ1) is 14.9. The number of benzene rings is 1. The lowest BCUT2D eigenvalue weighted by molar-refractivity contribution is -0.143. The van der Waals surface area contributed by atoms with Crippen LogP contribution < -0.4 is 5.43 Å². The summed E-state index contributed by atoms with van der Waals surface area (Å²) >= 11 is 0. The monoisotopic (exact) mass is 461 g/mol. The third-order valence-electron chi connectivity index (χ3n) is 4.55. The quantitative estimate of drug-likeness (QED) is 0.554. The van der Waals surface area contributed by atoms with Gasteiger partial charge in [-0.05, 0) is 31.0 Å². The summed E-state index contributed by atoms with van der Waals surface area (Å²) in [5.41, 5.74) is -1.06. The SMILES string of the molecule is O=C(/C=C\n1cnc(-c2cc(C(F)(F)F)cc(C(F)(F)F)c2)n1)NN1CCCCCC1=O. The van der Waals surface area contributed by atoms with E-state index in [2.05, 4.69) is 15.5 Å².